The quantitative estimate of drug-likeness (QED) is 0.0488. The summed E-state index contributed by atoms with van der Waals surface area (Å²) < 4.78 is 0. The van der Waals surface area contributed by atoms with Crippen molar-refractivity contribution in [3.63, 3.8) is 0 Å². The Morgan fingerprint density at radius 1 is 0.381 bits per heavy atom. The Morgan fingerprint density at radius 3 is 0.929 bits per heavy atom. The predicted molar refractivity (Wildman–Crippen MR) is 353 cm³/mol. The Balaban J connectivity index is 1.31. The van der Waals surface area contributed by atoms with E-state index >= 15 is 0 Å². The van der Waals surface area contributed by atoms with E-state index in [0.717, 1.165) is 166 Å². The number of aromatic nitrogens is 3. The molecule has 484 valence electrons. The predicted octanol–water partition coefficient (Wildman–Crippen LogP) is 11.7. The van der Waals surface area contributed by atoms with Crippen molar-refractivity contribution >= 4 is 29.9 Å². The maximum Gasteiger partial charge on any atom is 0.317 e. The van der Waals surface area contributed by atoms with Crippen molar-refractivity contribution in [1.29, 1.82) is 0 Å². The largest absolute Gasteiger partial charge is 0.341 e. The average Bonchev–Trinajstić information content (AvgIpc) is 1.20. The molecule has 0 aliphatic carbocycles. The molecule has 0 bridgehead atoms. The Morgan fingerprint density at radius 2 is 0.631 bits per heavy atom. The average molecular weight is 1180 g/mol. The van der Waals surface area contributed by atoms with Crippen LogP contribution < -0.4 is 51.9 Å². The van der Waals surface area contributed by atoms with Crippen LogP contribution in [0.25, 0.3) is 0 Å². The standard InChI is InChI=1S/C67H129N15O2/c1-24-69-57(84)82(52-46-66(18,19)77-67(20,21)47-52)37-33-29-28-31-35-80(50-42-62(10,11)75-63(12,13)43-50)55-71-53(78(23)48-38-58(2,3)73-59(4,5)39-48)70-54(72-55)79(49-40-60(6,7)74-61(8,9)41-49)34-30-26-25-27-32-36-81(56(83)68-22)51-44-64(14,15)76-65(16,17)45-51/h48-52,73-77H,24-47H2,1-23H3,(H,68,83)(H,69,84). The van der Waals surface area contributed by atoms with E-state index in [1.54, 1.807) is 7.05 Å². The minimum absolute atomic E-state index is 0.0373. The second kappa shape index (κ2) is 26.8. The number of amides is 4. The van der Waals surface area contributed by atoms with Gasteiger partial charge in [0, 0.05) is 132 Å². The van der Waals surface area contributed by atoms with E-state index < -0.39 is 0 Å². The SMILES string of the molecule is CCNC(=O)N(CCCCCCN(c1nc(N(C)C2CC(C)(C)NC(C)(C)C2)nc(N(CCCCCCCN(C(=O)NC)C2CC(C)(C)NC(C)(C)C2)C2CC(C)(C)NC(C)(C)C2)n1)C1CC(C)(C)NC(C)(C)C1)C1CC(C)(C)NC(C)(C)C1. The number of hydrogen-bond donors (Lipinski definition) is 7. The van der Waals surface area contributed by atoms with Gasteiger partial charge in [0.15, 0.2) is 0 Å². The van der Waals surface area contributed by atoms with Gasteiger partial charge in [-0.1, -0.05) is 32.1 Å². The van der Waals surface area contributed by atoms with Gasteiger partial charge in [-0.15, -0.1) is 0 Å². The molecule has 0 atom stereocenters. The second-order valence-corrected chi connectivity index (χ2v) is 34.0. The van der Waals surface area contributed by atoms with Crippen molar-refractivity contribution in [3.8, 4) is 0 Å². The molecular weight excluding hydrogens is 1050 g/mol. The lowest BCUT2D eigenvalue weighted by Gasteiger charge is -2.50. The molecule has 4 amide bonds. The monoisotopic (exact) mass is 1180 g/mol. The lowest BCUT2D eigenvalue weighted by molar-refractivity contribution is 0.0811. The summed E-state index contributed by atoms with van der Waals surface area (Å²) in [5.41, 5.74) is -0.658. The summed E-state index contributed by atoms with van der Waals surface area (Å²) >= 11 is 0. The van der Waals surface area contributed by atoms with E-state index in [9.17, 15) is 9.59 Å². The topological polar surface area (TPSA) is 173 Å². The van der Waals surface area contributed by atoms with E-state index in [0.29, 0.717) is 6.54 Å². The van der Waals surface area contributed by atoms with Crippen molar-refractivity contribution in [1.82, 2.24) is 62.0 Å². The van der Waals surface area contributed by atoms with Crippen molar-refractivity contribution in [2.24, 2.45) is 0 Å². The maximum absolute atomic E-state index is 13.8. The summed E-state index contributed by atoms with van der Waals surface area (Å²) in [7, 11) is 4.01. The zero-order valence-electron chi connectivity index (χ0n) is 58.3. The molecule has 5 saturated heterocycles. The summed E-state index contributed by atoms with van der Waals surface area (Å²) in [5.74, 6) is 2.36. The van der Waals surface area contributed by atoms with E-state index in [2.05, 4.69) is 207 Å². The van der Waals surface area contributed by atoms with Gasteiger partial charge in [0.25, 0.3) is 0 Å². The smallest absolute Gasteiger partial charge is 0.317 e. The lowest BCUT2D eigenvalue weighted by atomic mass is 9.79. The zero-order valence-corrected chi connectivity index (χ0v) is 58.3. The number of nitrogens with one attached hydrogen (secondary N) is 7. The number of anilines is 3. The summed E-state index contributed by atoms with van der Waals surface area (Å²) in [6.07, 6.45) is 18.9. The number of carbonyl (C=O) groups is 2. The van der Waals surface area contributed by atoms with Gasteiger partial charge in [-0.2, -0.15) is 15.0 Å². The van der Waals surface area contributed by atoms with Crippen molar-refractivity contribution in [3.05, 3.63) is 0 Å². The Kier molecular flexibility index (Phi) is 22.3. The third kappa shape index (κ3) is 20.4. The maximum atomic E-state index is 13.8. The van der Waals surface area contributed by atoms with Gasteiger partial charge < -0.3 is 61.7 Å². The molecule has 1 aromatic heterocycles. The minimum Gasteiger partial charge on any atom is -0.341 e. The molecule has 6 heterocycles. The molecule has 5 aliphatic heterocycles. The van der Waals surface area contributed by atoms with Crippen molar-refractivity contribution in [2.45, 2.75) is 353 Å². The van der Waals surface area contributed by atoms with Gasteiger partial charge >= 0.3 is 12.1 Å². The van der Waals surface area contributed by atoms with Crippen LogP contribution in [-0.4, -0.2) is 169 Å². The molecule has 0 spiro atoms. The highest BCUT2D eigenvalue weighted by Crippen LogP contribution is 2.40. The highest BCUT2D eigenvalue weighted by molar-refractivity contribution is 5.75. The van der Waals surface area contributed by atoms with Crippen LogP contribution in [0.2, 0.25) is 0 Å². The fraction of sp³-hybridized carbons (Fsp3) is 0.925. The van der Waals surface area contributed by atoms with Crippen LogP contribution in [0.5, 0.6) is 0 Å². The van der Waals surface area contributed by atoms with Crippen LogP contribution in [0.4, 0.5) is 27.4 Å². The molecule has 0 radical (unpaired) electrons. The third-order valence-corrected chi connectivity index (χ3v) is 19.0. The fourth-order valence-electron chi connectivity index (χ4n) is 17.6. The Hall–Kier alpha value is -3.25. The number of urea groups is 2. The summed E-state index contributed by atoms with van der Waals surface area (Å²) in [5, 5.41) is 25.7. The number of hydrogen-bond acceptors (Lipinski definition) is 13. The molecular formula is C67H129N15O2. The van der Waals surface area contributed by atoms with Crippen LogP contribution in [0, 0.1) is 0 Å². The Labute approximate surface area is 513 Å². The number of carbonyl (C=O) groups excluding carboxylic acids is 2. The van der Waals surface area contributed by atoms with Crippen LogP contribution in [0.15, 0.2) is 0 Å². The third-order valence-electron chi connectivity index (χ3n) is 19.0. The molecule has 0 aromatic carbocycles. The second-order valence-electron chi connectivity index (χ2n) is 34.0. The molecule has 84 heavy (non-hydrogen) atoms. The first-order valence-corrected chi connectivity index (χ1v) is 33.5. The van der Waals surface area contributed by atoms with Gasteiger partial charge in [0.05, 0.1) is 0 Å². The van der Waals surface area contributed by atoms with Crippen LogP contribution in [0.1, 0.15) is 267 Å². The molecule has 0 unspecified atom stereocenters. The minimum atomic E-state index is -0.0904. The summed E-state index contributed by atoms with van der Waals surface area (Å²) in [6.45, 7) is 52.3. The molecule has 0 saturated carbocycles. The molecule has 7 N–H and O–H groups in total. The van der Waals surface area contributed by atoms with E-state index in [1.165, 1.54) is 0 Å². The first kappa shape index (κ1) is 69.8. The highest BCUT2D eigenvalue weighted by Gasteiger charge is 2.46. The molecule has 17 heteroatoms. The van der Waals surface area contributed by atoms with Crippen LogP contribution >= 0.6 is 0 Å². The molecule has 5 aliphatic rings. The van der Waals surface area contributed by atoms with Crippen LogP contribution in [-0.2, 0) is 0 Å². The van der Waals surface area contributed by atoms with Gasteiger partial charge in [-0.05, 0) is 235 Å². The number of nitrogens with zero attached hydrogens (tertiary/aromatic N) is 8. The first-order valence-electron chi connectivity index (χ1n) is 33.5. The summed E-state index contributed by atoms with van der Waals surface area (Å²) in [6, 6.07) is 1.13. The van der Waals surface area contributed by atoms with Gasteiger partial charge in [0.2, 0.25) is 17.8 Å². The molecule has 17 nitrogen and oxygen atoms in total. The molecule has 6 rings (SSSR count). The summed E-state index contributed by atoms with van der Waals surface area (Å²) in [4.78, 5) is 56.3. The highest BCUT2D eigenvalue weighted by atomic mass is 16.2. The van der Waals surface area contributed by atoms with Crippen molar-refractivity contribution < 1.29 is 9.59 Å². The zero-order chi connectivity index (χ0) is 62.7. The normalized spacial score (nSPS) is 24.4. The van der Waals surface area contributed by atoms with Gasteiger partial charge in [-0.25, -0.2) is 9.59 Å². The lowest BCUT2D eigenvalue weighted by Crippen LogP contribution is -2.63. The number of unbranched alkanes of at least 4 members (excludes halogenated alkanes) is 7. The van der Waals surface area contributed by atoms with Gasteiger partial charge in [0.1, 0.15) is 0 Å². The number of rotatable bonds is 24. The van der Waals surface area contributed by atoms with E-state index in [1.807, 2.05) is 6.92 Å². The van der Waals surface area contributed by atoms with Gasteiger partial charge in [-0.3, -0.25) is 0 Å². The van der Waals surface area contributed by atoms with Crippen LogP contribution in [0.3, 0.4) is 0 Å². The number of piperidine rings is 5. The fourth-order valence-corrected chi connectivity index (χ4v) is 17.6. The van der Waals surface area contributed by atoms with E-state index in [-0.39, 0.29) is 97.7 Å². The molecule has 5 fully saturated rings. The van der Waals surface area contributed by atoms with Crippen molar-refractivity contribution in [2.75, 3.05) is 61.5 Å². The first-order chi connectivity index (χ1) is 38.5. The van der Waals surface area contributed by atoms with E-state index in [4.69, 9.17) is 15.0 Å². The molecule has 1 aromatic rings. The Bertz CT molecular complexity index is 2230.